The van der Waals surface area contributed by atoms with Crippen molar-refractivity contribution in [2.24, 2.45) is 7.05 Å². The lowest BCUT2D eigenvalue weighted by Gasteiger charge is -1.91. The number of aromatic carboxylic acids is 1. The molecule has 8 nitrogen and oxygen atoms in total. The van der Waals surface area contributed by atoms with Crippen molar-refractivity contribution in [3.63, 3.8) is 0 Å². The van der Waals surface area contributed by atoms with Gasteiger partial charge < -0.3 is 15.2 Å². The van der Waals surface area contributed by atoms with Crippen LogP contribution in [0.5, 0.6) is 0 Å². The highest BCUT2D eigenvalue weighted by atomic mass is 16.6. The van der Waals surface area contributed by atoms with E-state index in [0.29, 0.717) is 0 Å². The number of nitrogens with zero attached hydrogens (tertiary/aromatic N) is 4. The Kier molecular flexibility index (Phi) is 1.73. The van der Waals surface area contributed by atoms with Gasteiger partial charge in [0.25, 0.3) is 0 Å². The first-order valence-corrected chi connectivity index (χ1v) is 2.81. The molecule has 1 aromatic rings. The summed E-state index contributed by atoms with van der Waals surface area (Å²) >= 11 is 0. The molecular weight excluding hydrogens is 168 g/mol. The summed E-state index contributed by atoms with van der Waals surface area (Å²) in [4.78, 5) is 19.7. The SMILES string of the molecule is Cn1c(C(=O)O)nnc1[N+](=O)[O-]. The van der Waals surface area contributed by atoms with Gasteiger partial charge in [-0.25, -0.2) is 9.36 Å². The molecule has 1 aromatic heterocycles. The maximum atomic E-state index is 10.3. The monoisotopic (exact) mass is 172 g/mol. The Bertz CT molecular complexity index is 311. The van der Waals surface area contributed by atoms with E-state index in [1.807, 2.05) is 0 Å². The van der Waals surface area contributed by atoms with Crippen molar-refractivity contribution in [1.29, 1.82) is 0 Å². The molecule has 1 N–H and O–H groups in total. The van der Waals surface area contributed by atoms with Crippen LogP contribution in [0.15, 0.2) is 0 Å². The largest absolute Gasteiger partial charge is 0.474 e. The Morgan fingerprint density at radius 2 is 2.25 bits per heavy atom. The van der Waals surface area contributed by atoms with Gasteiger partial charge in [-0.15, -0.1) is 0 Å². The predicted octanol–water partition coefficient (Wildman–Crippen LogP) is -0.578. The number of carboxylic acids is 1. The summed E-state index contributed by atoms with van der Waals surface area (Å²) in [6.45, 7) is 0. The topological polar surface area (TPSA) is 111 Å². The summed E-state index contributed by atoms with van der Waals surface area (Å²) in [5.41, 5.74) is 0. The third kappa shape index (κ3) is 1.09. The van der Waals surface area contributed by atoms with E-state index in [4.69, 9.17) is 5.11 Å². The van der Waals surface area contributed by atoms with E-state index >= 15 is 0 Å². The number of nitro groups is 1. The third-order valence-electron chi connectivity index (χ3n) is 1.21. The summed E-state index contributed by atoms with van der Waals surface area (Å²) in [6, 6.07) is 0. The van der Waals surface area contributed by atoms with Crippen molar-refractivity contribution in [3.05, 3.63) is 15.9 Å². The highest BCUT2D eigenvalue weighted by Gasteiger charge is 2.24. The number of rotatable bonds is 2. The van der Waals surface area contributed by atoms with Crippen LogP contribution in [0, 0.1) is 10.1 Å². The molecule has 12 heavy (non-hydrogen) atoms. The maximum Gasteiger partial charge on any atom is 0.458 e. The number of carboxylic acid groups (broad SMARTS) is 1. The minimum atomic E-state index is -1.35. The Morgan fingerprint density at radius 3 is 2.50 bits per heavy atom. The molecular formula is C4H4N4O4. The molecule has 1 heterocycles. The molecule has 8 heteroatoms. The van der Waals surface area contributed by atoms with Gasteiger partial charge in [0, 0.05) is 0 Å². The molecule has 0 aliphatic rings. The number of carbonyl (C=O) groups is 1. The highest BCUT2D eigenvalue weighted by molar-refractivity contribution is 5.83. The lowest BCUT2D eigenvalue weighted by Crippen LogP contribution is -2.07. The standard InChI is InChI=1S/C4H4N4O4/c1-7-2(3(9)10)5-6-4(7)8(11)12/h1H3,(H,9,10). The highest BCUT2D eigenvalue weighted by Crippen LogP contribution is 2.06. The van der Waals surface area contributed by atoms with Gasteiger partial charge in [0.05, 0.1) is 12.1 Å². The average molecular weight is 172 g/mol. The molecule has 0 radical (unpaired) electrons. The third-order valence-corrected chi connectivity index (χ3v) is 1.21. The summed E-state index contributed by atoms with van der Waals surface area (Å²) in [6.07, 6.45) is 0. The smallest absolute Gasteiger partial charge is 0.458 e. The lowest BCUT2D eigenvalue weighted by atomic mass is 10.6. The van der Waals surface area contributed by atoms with E-state index in [2.05, 4.69) is 10.2 Å². The molecule has 0 unspecified atom stereocenters. The number of hydrogen-bond acceptors (Lipinski definition) is 5. The Labute approximate surface area is 65.6 Å². The maximum absolute atomic E-state index is 10.3. The summed E-state index contributed by atoms with van der Waals surface area (Å²) < 4.78 is 0.794. The van der Waals surface area contributed by atoms with Crippen molar-refractivity contribution < 1.29 is 14.8 Å². The summed E-state index contributed by atoms with van der Waals surface area (Å²) in [7, 11) is 1.21. The molecule has 1 rings (SSSR count). The first-order valence-electron chi connectivity index (χ1n) is 2.81. The zero-order valence-electron chi connectivity index (χ0n) is 5.96. The zero-order chi connectivity index (χ0) is 9.30. The molecule has 0 aliphatic carbocycles. The number of aromatic nitrogens is 3. The zero-order valence-corrected chi connectivity index (χ0v) is 5.96. The van der Waals surface area contributed by atoms with Gasteiger partial charge >= 0.3 is 17.7 Å². The molecule has 0 atom stereocenters. The van der Waals surface area contributed by atoms with E-state index < -0.39 is 22.7 Å². The van der Waals surface area contributed by atoms with Crippen molar-refractivity contribution in [3.8, 4) is 0 Å². The Balaban J connectivity index is 3.22. The average Bonchev–Trinajstić information content (AvgIpc) is 2.30. The quantitative estimate of drug-likeness (QED) is 0.471. The molecule has 0 saturated carbocycles. The fraction of sp³-hybridized carbons (Fsp3) is 0.250. The van der Waals surface area contributed by atoms with Crippen LogP contribution in [0.2, 0.25) is 0 Å². The minimum Gasteiger partial charge on any atom is -0.474 e. The van der Waals surface area contributed by atoms with Crippen LogP contribution in [0.4, 0.5) is 5.95 Å². The van der Waals surface area contributed by atoms with Crippen molar-refractivity contribution in [2.75, 3.05) is 0 Å². The normalized spacial score (nSPS) is 9.75. The van der Waals surface area contributed by atoms with Gasteiger partial charge in [-0.2, -0.15) is 0 Å². The Morgan fingerprint density at radius 1 is 1.67 bits per heavy atom. The van der Waals surface area contributed by atoms with Crippen LogP contribution < -0.4 is 0 Å². The van der Waals surface area contributed by atoms with Gasteiger partial charge in [-0.1, -0.05) is 0 Å². The van der Waals surface area contributed by atoms with E-state index in [-0.39, 0.29) is 0 Å². The van der Waals surface area contributed by atoms with Crippen LogP contribution >= 0.6 is 0 Å². The lowest BCUT2D eigenvalue weighted by molar-refractivity contribution is -0.396. The van der Waals surface area contributed by atoms with Gasteiger partial charge in [-0.05, 0) is 10.0 Å². The van der Waals surface area contributed by atoms with E-state index in [1.54, 1.807) is 0 Å². The van der Waals surface area contributed by atoms with E-state index in [9.17, 15) is 14.9 Å². The fourth-order valence-electron chi connectivity index (χ4n) is 0.666. The number of hydrogen-bond donors (Lipinski definition) is 1. The van der Waals surface area contributed by atoms with Crippen LogP contribution in [0.3, 0.4) is 0 Å². The predicted molar refractivity (Wildman–Crippen MR) is 34.6 cm³/mol. The molecule has 0 bridgehead atoms. The second kappa shape index (κ2) is 2.57. The second-order valence-corrected chi connectivity index (χ2v) is 1.94. The van der Waals surface area contributed by atoms with Crippen molar-refractivity contribution in [1.82, 2.24) is 14.8 Å². The first-order chi connectivity index (χ1) is 5.54. The van der Waals surface area contributed by atoms with E-state index in [0.717, 1.165) is 4.57 Å². The molecule has 64 valence electrons. The van der Waals surface area contributed by atoms with Gasteiger partial charge in [0.2, 0.25) is 0 Å². The van der Waals surface area contributed by atoms with Gasteiger partial charge in [0.15, 0.2) is 0 Å². The fourth-order valence-corrected chi connectivity index (χ4v) is 0.666. The van der Waals surface area contributed by atoms with Gasteiger partial charge in [0.1, 0.15) is 0 Å². The van der Waals surface area contributed by atoms with Crippen LogP contribution in [-0.2, 0) is 7.05 Å². The Hall–Kier alpha value is -1.99. The molecule has 0 spiro atoms. The van der Waals surface area contributed by atoms with Crippen LogP contribution in [0.1, 0.15) is 10.6 Å². The first kappa shape index (κ1) is 8.11. The molecule has 0 aliphatic heterocycles. The van der Waals surface area contributed by atoms with Gasteiger partial charge in [-0.3, -0.25) is 0 Å². The molecule has 0 fully saturated rings. The van der Waals surface area contributed by atoms with Crippen molar-refractivity contribution >= 4 is 11.9 Å². The van der Waals surface area contributed by atoms with Crippen molar-refractivity contribution in [2.45, 2.75) is 0 Å². The summed E-state index contributed by atoms with van der Waals surface area (Å²) in [5.74, 6) is -2.40. The van der Waals surface area contributed by atoms with Crippen LogP contribution in [0.25, 0.3) is 0 Å². The minimum absolute atomic E-state index is 0.457. The van der Waals surface area contributed by atoms with E-state index in [1.165, 1.54) is 7.05 Å². The molecule has 0 saturated heterocycles. The van der Waals surface area contributed by atoms with Crippen LogP contribution in [-0.4, -0.2) is 30.8 Å². The second-order valence-electron chi connectivity index (χ2n) is 1.94. The molecule has 0 aromatic carbocycles. The molecule has 0 amide bonds. The summed E-state index contributed by atoms with van der Waals surface area (Å²) in [5, 5.41) is 24.7.